The summed E-state index contributed by atoms with van der Waals surface area (Å²) < 4.78 is 5.94. The molecule has 0 aliphatic rings. The van der Waals surface area contributed by atoms with E-state index in [4.69, 9.17) is 9.72 Å². The van der Waals surface area contributed by atoms with E-state index in [1.165, 1.54) is 0 Å². The molecule has 0 fully saturated rings. The Hall–Kier alpha value is -4.29. The molecule has 5 rings (SSSR count). The zero-order chi connectivity index (χ0) is 23.2. The molecule has 0 spiro atoms. The number of anilines is 1. The number of thiazole rings is 1. The quantitative estimate of drug-likeness (QED) is 0.287. The van der Waals surface area contributed by atoms with Crippen LogP contribution in [0.2, 0.25) is 0 Å². The third-order valence-electron chi connectivity index (χ3n) is 5.18. The zero-order valence-corrected chi connectivity index (χ0v) is 19.0. The first-order valence-corrected chi connectivity index (χ1v) is 11.7. The maximum Gasteiger partial charge on any atom is 0.228 e. The van der Waals surface area contributed by atoms with E-state index in [0.717, 1.165) is 27.4 Å². The van der Waals surface area contributed by atoms with Crippen molar-refractivity contribution in [2.75, 3.05) is 5.32 Å². The van der Waals surface area contributed by atoms with E-state index in [0.29, 0.717) is 17.2 Å². The number of nitrogens with zero attached hydrogens (tertiary/aromatic N) is 2. The smallest absolute Gasteiger partial charge is 0.228 e. The van der Waals surface area contributed by atoms with Crippen LogP contribution in [0.25, 0.3) is 21.8 Å². The molecule has 1 amide bonds. The molecule has 5 nitrogen and oxygen atoms in total. The number of para-hydroxylation sites is 3. The molecular formula is C28H21N3O2S. The molecule has 0 unspecified atom stereocenters. The van der Waals surface area contributed by atoms with Crippen molar-refractivity contribution in [2.24, 2.45) is 0 Å². The summed E-state index contributed by atoms with van der Waals surface area (Å²) in [4.78, 5) is 21.5. The monoisotopic (exact) mass is 463 g/mol. The van der Waals surface area contributed by atoms with Gasteiger partial charge in [-0.05, 0) is 42.0 Å². The normalized spacial score (nSPS) is 10.6. The average Bonchev–Trinajstić information content (AvgIpc) is 3.37. The maximum absolute atomic E-state index is 12.7. The molecule has 34 heavy (non-hydrogen) atoms. The molecular weight excluding hydrogens is 442 g/mol. The molecule has 0 saturated carbocycles. The number of benzene rings is 3. The van der Waals surface area contributed by atoms with Crippen molar-refractivity contribution in [1.29, 1.82) is 0 Å². The molecule has 6 heteroatoms. The lowest BCUT2D eigenvalue weighted by Crippen LogP contribution is -2.14. The number of rotatable bonds is 7. The first-order chi connectivity index (χ1) is 16.7. The number of ether oxygens (including phenoxy) is 1. The van der Waals surface area contributed by atoms with Gasteiger partial charge in [0, 0.05) is 28.9 Å². The zero-order valence-electron chi connectivity index (χ0n) is 18.2. The van der Waals surface area contributed by atoms with Crippen molar-refractivity contribution >= 4 is 22.9 Å². The van der Waals surface area contributed by atoms with Crippen LogP contribution in [0.3, 0.4) is 0 Å². The van der Waals surface area contributed by atoms with Crippen LogP contribution in [-0.4, -0.2) is 15.9 Å². The maximum atomic E-state index is 12.7. The topological polar surface area (TPSA) is 64.1 Å². The minimum Gasteiger partial charge on any atom is -0.455 e. The summed E-state index contributed by atoms with van der Waals surface area (Å²) in [6.07, 6.45) is 3.80. The summed E-state index contributed by atoms with van der Waals surface area (Å²) in [6.45, 7) is 0. The number of amides is 1. The van der Waals surface area contributed by atoms with E-state index < -0.39 is 0 Å². The standard InChI is InChI=1S/C28H21N3O2S/c32-27(30-24-8-4-5-9-26(24)33-23-6-2-1-3-7-23)18-20-10-12-21(13-11-20)25-19-34-28(31-25)22-14-16-29-17-15-22/h1-17,19H,18H2,(H,30,32). The largest absolute Gasteiger partial charge is 0.455 e. The van der Waals surface area contributed by atoms with E-state index in [9.17, 15) is 4.79 Å². The number of nitrogens with one attached hydrogen (secondary N) is 1. The Morgan fingerprint density at radius 3 is 2.35 bits per heavy atom. The molecule has 0 bridgehead atoms. The van der Waals surface area contributed by atoms with Crippen molar-refractivity contribution in [3.05, 3.63) is 114 Å². The van der Waals surface area contributed by atoms with E-state index >= 15 is 0 Å². The Morgan fingerprint density at radius 1 is 0.824 bits per heavy atom. The SMILES string of the molecule is O=C(Cc1ccc(-c2csc(-c3ccncc3)n2)cc1)Nc1ccccc1Oc1ccccc1. The van der Waals surface area contributed by atoms with Crippen LogP contribution >= 0.6 is 11.3 Å². The van der Waals surface area contributed by atoms with Gasteiger partial charge in [0.25, 0.3) is 0 Å². The average molecular weight is 464 g/mol. The first-order valence-electron chi connectivity index (χ1n) is 10.8. The Labute approximate surface area is 201 Å². The first kappa shape index (κ1) is 21.6. The second-order valence-corrected chi connectivity index (χ2v) is 8.47. The minimum atomic E-state index is -0.106. The summed E-state index contributed by atoms with van der Waals surface area (Å²) >= 11 is 1.60. The van der Waals surface area contributed by atoms with Gasteiger partial charge in [-0.2, -0.15) is 0 Å². The van der Waals surface area contributed by atoms with Crippen molar-refractivity contribution < 1.29 is 9.53 Å². The van der Waals surface area contributed by atoms with Gasteiger partial charge in [-0.3, -0.25) is 9.78 Å². The fourth-order valence-corrected chi connectivity index (χ4v) is 4.32. The lowest BCUT2D eigenvalue weighted by atomic mass is 10.1. The fourth-order valence-electron chi connectivity index (χ4n) is 3.48. The number of hydrogen-bond donors (Lipinski definition) is 1. The second kappa shape index (κ2) is 10.1. The van der Waals surface area contributed by atoms with Gasteiger partial charge in [0.1, 0.15) is 10.8 Å². The van der Waals surface area contributed by atoms with Crippen molar-refractivity contribution in [3.8, 4) is 33.3 Å². The van der Waals surface area contributed by atoms with Gasteiger partial charge in [0.05, 0.1) is 17.8 Å². The molecule has 166 valence electrons. The number of hydrogen-bond acceptors (Lipinski definition) is 5. The van der Waals surface area contributed by atoms with Crippen LogP contribution in [-0.2, 0) is 11.2 Å². The van der Waals surface area contributed by atoms with Crippen molar-refractivity contribution in [1.82, 2.24) is 9.97 Å². The van der Waals surface area contributed by atoms with Gasteiger partial charge >= 0.3 is 0 Å². The van der Waals surface area contributed by atoms with Crippen LogP contribution in [0.1, 0.15) is 5.56 Å². The number of carbonyl (C=O) groups is 1. The summed E-state index contributed by atoms with van der Waals surface area (Å²) in [5, 5.41) is 5.97. The van der Waals surface area contributed by atoms with Crippen molar-refractivity contribution in [3.63, 3.8) is 0 Å². The third kappa shape index (κ3) is 5.19. The predicted octanol–water partition coefficient (Wildman–Crippen LogP) is 6.85. The van der Waals surface area contributed by atoms with Crippen LogP contribution in [0.5, 0.6) is 11.5 Å². The van der Waals surface area contributed by atoms with Gasteiger partial charge in [0.2, 0.25) is 5.91 Å². The predicted molar refractivity (Wildman–Crippen MR) is 136 cm³/mol. The molecule has 0 radical (unpaired) electrons. The van der Waals surface area contributed by atoms with Crippen LogP contribution in [0, 0.1) is 0 Å². The highest BCUT2D eigenvalue weighted by Gasteiger charge is 2.11. The molecule has 0 saturated heterocycles. The summed E-state index contributed by atoms with van der Waals surface area (Å²) in [6, 6.07) is 28.8. The molecule has 0 aliphatic carbocycles. The molecule has 0 atom stereocenters. The van der Waals surface area contributed by atoms with Gasteiger partial charge < -0.3 is 10.1 Å². The molecule has 3 aromatic carbocycles. The molecule has 2 aromatic heterocycles. The Balaban J connectivity index is 1.24. The van der Waals surface area contributed by atoms with Crippen LogP contribution in [0.4, 0.5) is 5.69 Å². The highest BCUT2D eigenvalue weighted by atomic mass is 32.1. The van der Waals surface area contributed by atoms with E-state index in [1.54, 1.807) is 23.7 Å². The highest BCUT2D eigenvalue weighted by molar-refractivity contribution is 7.13. The number of aromatic nitrogens is 2. The Bertz CT molecular complexity index is 1380. The highest BCUT2D eigenvalue weighted by Crippen LogP contribution is 2.30. The van der Waals surface area contributed by atoms with E-state index in [1.807, 2.05) is 96.4 Å². The van der Waals surface area contributed by atoms with Gasteiger partial charge in [0.15, 0.2) is 5.75 Å². The summed E-state index contributed by atoms with van der Waals surface area (Å²) in [5.74, 6) is 1.21. The van der Waals surface area contributed by atoms with Crippen LogP contribution < -0.4 is 10.1 Å². The molecule has 5 aromatic rings. The van der Waals surface area contributed by atoms with Crippen LogP contribution in [0.15, 0.2) is 109 Å². The molecule has 1 N–H and O–H groups in total. The van der Waals surface area contributed by atoms with Gasteiger partial charge in [-0.25, -0.2) is 4.98 Å². The third-order valence-corrected chi connectivity index (χ3v) is 6.07. The van der Waals surface area contributed by atoms with Gasteiger partial charge in [-0.1, -0.05) is 54.6 Å². The Morgan fingerprint density at radius 2 is 1.56 bits per heavy atom. The van der Waals surface area contributed by atoms with E-state index in [2.05, 4.69) is 10.3 Å². The van der Waals surface area contributed by atoms with Crippen molar-refractivity contribution in [2.45, 2.75) is 6.42 Å². The second-order valence-electron chi connectivity index (χ2n) is 7.61. The summed E-state index contributed by atoms with van der Waals surface area (Å²) in [5.41, 5.74) is 4.55. The lowest BCUT2D eigenvalue weighted by molar-refractivity contribution is -0.115. The lowest BCUT2D eigenvalue weighted by Gasteiger charge is -2.12. The molecule has 2 heterocycles. The van der Waals surface area contributed by atoms with E-state index in [-0.39, 0.29) is 12.3 Å². The Kier molecular flexibility index (Phi) is 6.40. The fraction of sp³-hybridized carbons (Fsp3) is 0.0357. The van der Waals surface area contributed by atoms with Gasteiger partial charge in [-0.15, -0.1) is 11.3 Å². The number of pyridine rings is 1. The number of carbonyl (C=O) groups excluding carboxylic acids is 1. The summed E-state index contributed by atoms with van der Waals surface area (Å²) in [7, 11) is 0. The minimum absolute atomic E-state index is 0.106. The molecule has 0 aliphatic heterocycles.